The standard InChI is InChI=1S/C19H16F2O7/c20-18(21)15(27-17(23)13-9-5-2-6-10-13)14(28-19(18,24)25)11-26-16(22)12-7-3-1-4-8-12/h1-10,14-15,24-25H,11H2/t14-,15-/m1/s1. The van der Waals surface area contributed by atoms with Gasteiger partial charge < -0.3 is 24.4 Å². The van der Waals surface area contributed by atoms with Gasteiger partial charge in [0.15, 0.2) is 0 Å². The quantitative estimate of drug-likeness (QED) is 0.588. The van der Waals surface area contributed by atoms with Gasteiger partial charge >= 0.3 is 23.8 Å². The van der Waals surface area contributed by atoms with E-state index in [0.717, 1.165) is 0 Å². The summed E-state index contributed by atoms with van der Waals surface area (Å²) in [5.74, 6) is -10.2. The highest BCUT2D eigenvalue weighted by molar-refractivity contribution is 5.90. The number of hydrogen-bond acceptors (Lipinski definition) is 7. The third-order valence-electron chi connectivity index (χ3n) is 4.08. The van der Waals surface area contributed by atoms with Gasteiger partial charge in [0.25, 0.3) is 0 Å². The second kappa shape index (κ2) is 7.63. The molecule has 9 heteroatoms. The monoisotopic (exact) mass is 394 g/mol. The molecule has 1 aliphatic rings. The molecule has 28 heavy (non-hydrogen) atoms. The Morgan fingerprint density at radius 2 is 1.43 bits per heavy atom. The number of halogens is 2. The molecule has 0 aliphatic carbocycles. The molecule has 7 nitrogen and oxygen atoms in total. The minimum Gasteiger partial charge on any atom is -0.459 e. The fourth-order valence-corrected chi connectivity index (χ4v) is 2.61. The van der Waals surface area contributed by atoms with E-state index in [2.05, 4.69) is 4.74 Å². The molecule has 148 valence electrons. The molecule has 2 N–H and O–H groups in total. The molecule has 0 amide bonds. The molecule has 1 saturated heterocycles. The van der Waals surface area contributed by atoms with E-state index in [1.165, 1.54) is 36.4 Å². The first-order valence-electron chi connectivity index (χ1n) is 8.21. The largest absolute Gasteiger partial charge is 0.459 e. The Hall–Kier alpha value is -2.88. The SMILES string of the molecule is O=C(OC[C@H]1OC(O)(O)C(F)(F)[C@@H]1OC(=O)c1ccccc1)c1ccccc1. The Balaban J connectivity index is 1.74. The number of ether oxygens (including phenoxy) is 3. The van der Waals surface area contributed by atoms with Gasteiger partial charge in [-0.2, -0.15) is 8.78 Å². The van der Waals surface area contributed by atoms with Crippen LogP contribution in [0.15, 0.2) is 60.7 Å². The van der Waals surface area contributed by atoms with Crippen LogP contribution < -0.4 is 0 Å². The summed E-state index contributed by atoms with van der Waals surface area (Å²) >= 11 is 0. The van der Waals surface area contributed by atoms with E-state index < -0.39 is 42.6 Å². The highest BCUT2D eigenvalue weighted by Crippen LogP contribution is 2.43. The van der Waals surface area contributed by atoms with Crippen LogP contribution in [-0.4, -0.2) is 52.9 Å². The van der Waals surface area contributed by atoms with Crippen LogP contribution in [0.3, 0.4) is 0 Å². The number of rotatable bonds is 5. The molecular formula is C19H16F2O7. The van der Waals surface area contributed by atoms with Gasteiger partial charge in [-0.1, -0.05) is 36.4 Å². The van der Waals surface area contributed by atoms with Crippen molar-refractivity contribution in [2.45, 2.75) is 24.1 Å². The zero-order valence-electron chi connectivity index (χ0n) is 14.3. The summed E-state index contributed by atoms with van der Waals surface area (Å²) in [7, 11) is 0. The van der Waals surface area contributed by atoms with Gasteiger partial charge in [0, 0.05) is 0 Å². The molecule has 0 radical (unpaired) electrons. The maximum Gasteiger partial charge on any atom is 0.366 e. The topological polar surface area (TPSA) is 102 Å². The predicted molar refractivity (Wildman–Crippen MR) is 89.4 cm³/mol. The van der Waals surface area contributed by atoms with Gasteiger partial charge in [-0.15, -0.1) is 0 Å². The molecule has 0 bridgehead atoms. The van der Waals surface area contributed by atoms with Crippen molar-refractivity contribution in [3.8, 4) is 0 Å². The lowest BCUT2D eigenvalue weighted by molar-refractivity contribution is -0.397. The first kappa shape index (κ1) is 19.9. The summed E-state index contributed by atoms with van der Waals surface area (Å²) in [6.07, 6.45) is -4.19. The second-order valence-electron chi connectivity index (χ2n) is 6.04. The zero-order chi connectivity index (χ0) is 20.4. The van der Waals surface area contributed by atoms with Crippen molar-refractivity contribution in [3.63, 3.8) is 0 Å². The average Bonchev–Trinajstić information content (AvgIpc) is 2.86. The van der Waals surface area contributed by atoms with Gasteiger partial charge in [0.2, 0.25) is 6.10 Å². The fourth-order valence-electron chi connectivity index (χ4n) is 2.61. The van der Waals surface area contributed by atoms with E-state index in [4.69, 9.17) is 9.47 Å². The van der Waals surface area contributed by atoms with Gasteiger partial charge in [-0.25, -0.2) is 9.59 Å². The molecule has 2 aromatic rings. The van der Waals surface area contributed by atoms with Crippen LogP contribution in [0.4, 0.5) is 8.78 Å². The first-order valence-corrected chi connectivity index (χ1v) is 8.21. The van der Waals surface area contributed by atoms with E-state index in [9.17, 15) is 28.6 Å². The first-order chi connectivity index (χ1) is 13.2. The average molecular weight is 394 g/mol. The summed E-state index contributed by atoms with van der Waals surface area (Å²) in [4.78, 5) is 24.1. The van der Waals surface area contributed by atoms with Gasteiger partial charge in [0.1, 0.15) is 12.7 Å². The van der Waals surface area contributed by atoms with E-state index in [1.807, 2.05) is 0 Å². The van der Waals surface area contributed by atoms with Crippen molar-refractivity contribution in [3.05, 3.63) is 71.8 Å². The van der Waals surface area contributed by atoms with Crippen LogP contribution >= 0.6 is 0 Å². The maximum absolute atomic E-state index is 14.3. The van der Waals surface area contributed by atoms with Crippen LogP contribution in [0, 0.1) is 0 Å². The lowest BCUT2D eigenvalue weighted by Gasteiger charge is -2.24. The molecule has 0 saturated carbocycles. The van der Waals surface area contributed by atoms with Crippen molar-refractivity contribution in [2.24, 2.45) is 0 Å². The zero-order valence-corrected chi connectivity index (χ0v) is 14.3. The number of benzene rings is 2. The van der Waals surface area contributed by atoms with Gasteiger partial charge in [0.05, 0.1) is 11.1 Å². The second-order valence-corrected chi connectivity index (χ2v) is 6.04. The van der Waals surface area contributed by atoms with Crippen molar-refractivity contribution < 1.29 is 42.8 Å². The van der Waals surface area contributed by atoms with E-state index in [-0.39, 0.29) is 11.1 Å². The van der Waals surface area contributed by atoms with Crippen LogP contribution in [0.2, 0.25) is 0 Å². The van der Waals surface area contributed by atoms with Crippen molar-refractivity contribution in [1.29, 1.82) is 0 Å². The number of carbonyl (C=O) groups excluding carboxylic acids is 2. The predicted octanol–water partition coefficient (Wildman–Crippen LogP) is 1.74. The summed E-state index contributed by atoms with van der Waals surface area (Å²) in [5.41, 5.74) is 0.135. The van der Waals surface area contributed by atoms with Crippen LogP contribution in [0.1, 0.15) is 20.7 Å². The minimum atomic E-state index is -4.36. The van der Waals surface area contributed by atoms with E-state index in [0.29, 0.717) is 0 Å². The lowest BCUT2D eigenvalue weighted by atomic mass is 10.1. The summed E-state index contributed by atoms with van der Waals surface area (Å²) in [6, 6.07) is 15.0. The number of hydrogen-bond donors (Lipinski definition) is 2. The smallest absolute Gasteiger partial charge is 0.366 e. The number of aliphatic hydroxyl groups is 2. The lowest BCUT2D eigenvalue weighted by Crippen LogP contribution is -2.51. The molecule has 0 aromatic heterocycles. The van der Waals surface area contributed by atoms with Gasteiger partial charge in [-0.3, -0.25) is 0 Å². The van der Waals surface area contributed by atoms with E-state index in [1.54, 1.807) is 24.3 Å². The Bertz CT molecular complexity index is 840. The molecule has 2 aromatic carbocycles. The molecule has 1 fully saturated rings. The van der Waals surface area contributed by atoms with Crippen molar-refractivity contribution in [1.82, 2.24) is 0 Å². The Morgan fingerprint density at radius 3 is 1.96 bits per heavy atom. The van der Waals surface area contributed by atoms with Crippen molar-refractivity contribution >= 4 is 11.9 Å². The van der Waals surface area contributed by atoms with Crippen LogP contribution in [0.5, 0.6) is 0 Å². The Labute approximate surface area is 158 Å². The third kappa shape index (κ3) is 3.86. The fraction of sp³-hybridized carbons (Fsp3) is 0.263. The van der Waals surface area contributed by atoms with Crippen LogP contribution in [-0.2, 0) is 14.2 Å². The maximum atomic E-state index is 14.3. The van der Waals surface area contributed by atoms with E-state index >= 15 is 0 Å². The van der Waals surface area contributed by atoms with Crippen molar-refractivity contribution in [2.75, 3.05) is 6.61 Å². The Kier molecular flexibility index (Phi) is 5.41. The highest BCUT2D eigenvalue weighted by Gasteiger charge is 2.71. The summed E-state index contributed by atoms with van der Waals surface area (Å²) in [6.45, 7) is -0.793. The number of alkyl halides is 2. The molecule has 0 spiro atoms. The molecule has 2 atom stereocenters. The molecule has 3 rings (SSSR count). The summed E-state index contributed by atoms with van der Waals surface area (Å²) < 4.78 is 42.8. The minimum absolute atomic E-state index is 0.0216. The third-order valence-corrected chi connectivity index (χ3v) is 4.08. The molecular weight excluding hydrogens is 378 g/mol. The number of carbonyl (C=O) groups is 2. The molecule has 1 aliphatic heterocycles. The number of esters is 2. The normalized spacial score (nSPS) is 22.4. The Morgan fingerprint density at radius 1 is 0.929 bits per heavy atom. The van der Waals surface area contributed by atoms with Crippen LogP contribution in [0.25, 0.3) is 0 Å². The summed E-state index contributed by atoms with van der Waals surface area (Å²) in [5, 5.41) is 19.0. The molecule has 0 unspecified atom stereocenters. The highest BCUT2D eigenvalue weighted by atomic mass is 19.3. The van der Waals surface area contributed by atoms with Gasteiger partial charge in [-0.05, 0) is 24.3 Å². The molecule has 1 heterocycles.